The normalized spacial score (nSPS) is 16.8. The zero-order valence-electron chi connectivity index (χ0n) is 22.6. The zero-order valence-corrected chi connectivity index (χ0v) is 23.5. The van der Waals surface area contributed by atoms with Crippen LogP contribution in [0.25, 0.3) is 0 Å². The maximum absolute atomic E-state index is 12.1. The minimum atomic E-state index is -0.189. The van der Waals surface area contributed by atoms with E-state index in [1.807, 2.05) is 49.5 Å². The number of hydrogen-bond donors (Lipinski definition) is 2. The van der Waals surface area contributed by atoms with Gasteiger partial charge in [-0.1, -0.05) is 36.4 Å². The van der Waals surface area contributed by atoms with Crippen LogP contribution in [0.1, 0.15) is 45.9 Å². The van der Waals surface area contributed by atoms with Crippen molar-refractivity contribution in [3.05, 3.63) is 113 Å². The number of nitrogens with zero attached hydrogens (tertiary/aromatic N) is 3. The van der Waals surface area contributed by atoms with Crippen LogP contribution in [0.2, 0.25) is 0 Å². The molecule has 2 aromatic heterocycles. The first kappa shape index (κ1) is 26.6. The van der Waals surface area contributed by atoms with Crippen molar-refractivity contribution in [3.8, 4) is 0 Å². The van der Waals surface area contributed by atoms with E-state index < -0.39 is 0 Å². The Hall–Kier alpha value is -4.01. The number of aromatic nitrogens is 2. The van der Waals surface area contributed by atoms with Crippen molar-refractivity contribution in [1.82, 2.24) is 14.9 Å². The molecular weight excluding hydrogens is 506 g/mol. The fourth-order valence-corrected chi connectivity index (χ4v) is 5.69. The standard InChI is InChI=1S/C31H33N5O2S/c1-20-16-24(13-14-26(20)33-28(37)19-38-4)36-30(29(34-31(36)39)27-12-8-9-15-32-27)25-17-21(2)35(22(25)3)18-23-10-6-5-7-11-23/h5-17,29-30H,18-19H2,1-4H3,(H,33,37)(H,34,39)/t29-,30-/m1/s1. The molecule has 4 aromatic rings. The molecule has 2 N–H and O–H groups in total. The number of ether oxygens (including phenoxy) is 1. The molecule has 0 spiro atoms. The molecule has 3 heterocycles. The third kappa shape index (κ3) is 5.44. The van der Waals surface area contributed by atoms with Gasteiger partial charge in [-0.3, -0.25) is 9.78 Å². The van der Waals surface area contributed by atoms with E-state index in [4.69, 9.17) is 21.9 Å². The molecule has 8 heteroatoms. The van der Waals surface area contributed by atoms with Crippen LogP contribution in [0.4, 0.5) is 11.4 Å². The monoisotopic (exact) mass is 539 g/mol. The Labute approximate surface area is 234 Å². The average molecular weight is 540 g/mol. The van der Waals surface area contributed by atoms with E-state index in [1.165, 1.54) is 29.6 Å². The van der Waals surface area contributed by atoms with Gasteiger partial charge in [-0.15, -0.1) is 0 Å². The Bertz CT molecular complexity index is 1490. The quantitative estimate of drug-likeness (QED) is 0.283. The Balaban J connectivity index is 1.56. The molecule has 2 aromatic carbocycles. The number of nitrogens with one attached hydrogen (secondary N) is 2. The summed E-state index contributed by atoms with van der Waals surface area (Å²) in [5.41, 5.74) is 8.40. The fourth-order valence-electron chi connectivity index (χ4n) is 5.34. The largest absolute Gasteiger partial charge is 0.375 e. The first-order valence-corrected chi connectivity index (χ1v) is 13.4. The topological polar surface area (TPSA) is 71.4 Å². The second-order valence-electron chi connectivity index (χ2n) is 9.88. The predicted molar refractivity (Wildman–Crippen MR) is 159 cm³/mol. The van der Waals surface area contributed by atoms with Crippen molar-refractivity contribution in [2.45, 2.75) is 39.4 Å². The van der Waals surface area contributed by atoms with Gasteiger partial charge in [0.2, 0.25) is 5.91 Å². The third-order valence-corrected chi connectivity index (χ3v) is 7.57. The highest BCUT2D eigenvalue weighted by molar-refractivity contribution is 7.80. The van der Waals surface area contributed by atoms with Gasteiger partial charge in [0.1, 0.15) is 6.61 Å². The van der Waals surface area contributed by atoms with Gasteiger partial charge in [-0.2, -0.15) is 0 Å². The summed E-state index contributed by atoms with van der Waals surface area (Å²) in [6.45, 7) is 7.12. The van der Waals surface area contributed by atoms with Crippen LogP contribution in [0.3, 0.4) is 0 Å². The van der Waals surface area contributed by atoms with E-state index in [2.05, 4.69) is 70.3 Å². The SMILES string of the molecule is COCC(=O)Nc1ccc(N2C(=S)N[C@H](c3ccccn3)[C@H]2c2cc(C)n(Cc3ccccc3)c2C)cc1C. The number of hydrogen-bond acceptors (Lipinski definition) is 4. The summed E-state index contributed by atoms with van der Waals surface area (Å²) < 4.78 is 7.32. The van der Waals surface area contributed by atoms with Crippen molar-refractivity contribution >= 4 is 34.6 Å². The smallest absolute Gasteiger partial charge is 0.250 e. The number of carbonyl (C=O) groups excluding carboxylic acids is 1. The van der Waals surface area contributed by atoms with Crippen LogP contribution >= 0.6 is 12.2 Å². The van der Waals surface area contributed by atoms with E-state index in [9.17, 15) is 4.79 Å². The van der Waals surface area contributed by atoms with Gasteiger partial charge in [-0.25, -0.2) is 0 Å². The highest BCUT2D eigenvalue weighted by atomic mass is 32.1. The number of amides is 1. The van der Waals surface area contributed by atoms with E-state index in [0.717, 1.165) is 29.2 Å². The summed E-state index contributed by atoms with van der Waals surface area (Å²) >= 11 is 5.94. The molecule has 0 unspecified atom stereocenters. The molecule has 0 aliphatic carbocycles. The van der Waals surface area contributed by atoms with Gasteiger partial charge in [0.25, 0.3) is 0 Å². The molecule has 0 bridgehead atoms. The summed E-state index contributed by atoms with van der Waals surface area (Å²) in [6.07, 6.45) is 1.82. The molecule has 39 heavy (non-hydrogen) atoms. The van der Waals surface area contributed by atoms with Gasteiger partial charge in [0, 0.05) is 42.6 Å². The number of rotatable bonds is 8. The van der Waals surface area contributed by atoms with E-state index >= 15 is 0 Å². The van der Waals surface area contributed by atoms with Crippen LogP contribution in [0, 0.1) is 20.8 Å². The van der Waals surface area contributed by atoms with Crippen molar-refractivity contribution in [3.63, 3.8) is 0 Å². The first-order chi connectivity index (χ1) is 18.9. The molecule has 1 aliphatic rings. The molecule has 0 radical (unpaired) electrons. The van der Waals surface area contributed by atoms with Gasteiger partial charge in [0.15, 0.2) is 5.11 Å². The van der Waals surface area contributed by atoms with Crippen LogP contribution in [0.15, 0.2) is 79.0 Å². The van der Waals surface area contributed by atoms with E-state index in [0.29, 0.717) is 5.11 Å². The highest BCUT2D eigenvalue weighted by Gasteiger charge is 2.42. The van der Waals surface area contributed by atoms with Crippen LogP contribution in [-0.2, 0) is 16.1 Å². The summed E-state index contributed by atoms with van der Waals surface area (Å²) in [5, 5.41) is 7.11. The van der Waals surface area contributed by atoms with Crippen molar-refractivity contribution in [1.29, 1.82) is 0 Å². The number of methoxy groups -OCH3 is 1. The highest BCUT2D eigenvalue weighted by Crippen LogP contribution is 2.44. The number of benzene rings is 2. The number of thiocarbonyl (C=S) groups is 1. The lowest BCUT2D eigenvalue weighted by molar-refractivity contribution is -0.119. The van der Waals surface area contributed by atoms with Gasteiger partial charge in [-0.05, 0) is 86.1 Å². The van der Waals surface area contributed by atoms with E-state index in [1.54, 1.807) is 0 Å². The van der Waals surface area contributed by atoms with Gasteiger partial charge >= 0.3 is 0 Å². The van der Waals surface area contributed by atoms with Gasteiger partial charge in [0.05, 0.1) is 17.8 Å². The van der Waals surface area contributed by atoms with Crippen molar-refractivity contribution in [2.75, 3.05) is 23.9 Å². The lowest BCUT2D eigenvalue weighted by atomic mass is 9.96. The first-order valence-electron chi connectivity index (χ1n) is 13.0. The van der Waals surface area contributed by atoms with Crippen LogP contribution in [-0.4, -0.2) is 34.3 Å². The zero-order chi connectivity index (χ0) is 27.5. The minimum Gasteiger partial charge on any atom is -0.375 e. The minimum absolute atomic E-state index is 0.00769. The predicted octanol–water partition coefficient (Wildman–Crippen LogP) is 5.62. The van der Waals surface area contributed by atoms with Crippen molar-refractivity contribution in [2.24, 2.45) is 0 Å². The lowest BCUT2D eigenvalue weighted by Gasteiger charge is -2.29. The molecule has 0 saturated carbocycles. The molecule has 1 fully saturated rings. The Morgan fingerprint density at radius 1 is 1.05 bits per heavy atom. The maximum atomic E-state index is 12.1. The number of anilines is 2. The summed E-state index contributed by atoms with van der Waals surface area (Å²) in [6, 6.07) is 24.5. The summed E-state index contributed by atoms with van der Waals surface area (Å²) in [5.74, 6) is -0.189. The lowest BCUT2D eigenvalue weighted by Crippen LogP contribution is -2.29. The molecule has 5 rings (SSSR count). The van der Waals surface area contributed by atoms with Crippen LogP contribution in [0.5, 0.6) is 0 Å². The summed E-state index contributed by atoms with van der Waals surface area (Å²) in [4.78, 5) is 19.0. The molecule has 200 valence electrons. The molecule has 7 nitrogen and oxygen atoms in total. The maximum Gasteiger partial charge on any atom is 0.250 e. The molecular formula is C31H33N5O2S. The van der Waals surface area contributed by atoms with Gasteiger partial charge < -0.3 is 24.8 Å². The second-order valence-corrected chi connectivity index (χ2v) is 10.3. The molecule has 1 amide bonds. The average Bonchev–Trinajstić information content (AvgIpc) is 3.42. The summed E-state index contributed by atoms with van der Waals surface area (Å²) in [7, 11) is 1.51. The number of aryl methyl sites for hydroxylation is 2. The fraction of sp³-hybridized carbons (Fsp3) is 0.258. The van der Waals surface area contributed by atoms with Crippen molar-refractivity contribution < 1.29 is 9.53 Å². The Morgan fingerprint density at radius 2 is 1.82 bits per heavy atom. The Morgan fingerprint density at radius 3 is 2.51 bits per heavy atom. The Kier molecular flexibility index (Phi) is 7.77. The molecule has 1 saturated heterocycles. The van der Waals surface area contributed by atoms with E-state index in [-0.39, 0.29) is 24.6 Å². The van der Waals surface area contributed by atoms with Crippen LogP contribution < -0.4 is 15.5 Å². The third-order valence-electron chi connectivity index (χ3n) is 7.25. The number of carbonyl (C=O) groups is 1. The molecule has 2 atom stereocenters. The molecule has 1 aliphatic heterocycles. The number of pyridine rings is 1. The second kappa shape index (κ2) is 11.4.